The van der Waals surface area contributed by atoms with Crippen molar-refractivity contribution < 1.29 is 9.13 Å². The first-order valence-corrected chi connectivity index (χ1v) is 6.85. The number of nitrogens with zero attached hydrogens (tertiary/aromatic N) is 1. The Morgan fingerprint density at radius 3 is 2.74 bits per heavy atom. The molecule has 1 heterocycles. The van der Waals surface area contributed by atoms with Crippen molar-refractivity contribution in [2.24, 2.45) is 11.7 Å². The number of methoxy groups -OCH3 is 1. The first-order valence-electron chi connectivity index (χ1n) is 6.45. The molecule has 1 aromatic carbocycles. The fraction of sp³-hybridized carbons (Fsp3) is 0.500. The summed E-state index contributed by atoms with van der Waals surface area (Å²) in [5.41, 5.74) is 6.34. The van der Waals surface area contributed by atoms with Crippen LogP contribution >= 0.6 is 12.2 Å². The zero-order valence-corrected chi connectivity index (χ0v) is 11.9. The number of rotatable bonds is 4. The minimum atomic E-state index is -0.263. The molecule has 19 heavy (non-hydrogen) atoms. The largest absolute Gasteiger partial charge is 0.494 e. The van der Waals surface area contributed by atoms with Crippen molar-refractivity contribution in [1.82, 2.24) is 4.90 Å². The van der Waals surface area contributed by atoms with Crippen molar-refractivity contribution >= 4 is 17.2 Å². The third-order valence-electron chi connectivity index (χ3n) is 3.65. The molecule has 1 saturated heterocycles. The van der Waals surface area contributed by atoms with Gasteiger partial charge in [0, 0.05) is 18.0 Å². The van der Waals surface area contributed by atoms with E-state index in [0.717, 1.165) is 25.9 Å². The second kappa shape index (κ2) is 6.30. The summed E-state index contributed by atoms with van der Waals surface area (Å²) < 4.78 is 19.0. The highest BCUT2D eigenvalue weighted by atomic mass is 32.1. The van der Waals surface area contributed by atoms with Crippen molar-refractivity contribution in [2.45, 2.75) is 19.4 Å². The van der Waals surface area contributed by atoms with Crippen LogP contribution in [-0.4, -0.2) is 30.1 Å². The zero-order valence-electron chi connectivity index (χ0n) is 11.1. The van der Waals surface area contributed by atoms with E-state index >= 15 is 0 Å². The number of ether oxygens (including phenoxy) is 1. The van der Waals surface area contributed by atoms with E-state index in [0.29, 0.717) is 28.8 Å². The van der Waals surface area contributed by atoms with Crippen molar-refractivity contribution in [3.63, 3.8) is 0 Å². The molecule has 1 aliphatic rings. The smallest absolute Gasteiger partial charge is 0.169 e. The molecular weight excluding hydrogens is 263 g/mol. The van der Waals surface area contributed by atoms with Crippen LogP contribution in [0, 0.1) is 11.7 Å². The second-order valence-corrected chi connectivity index (χ2v) is 5.36. The summed E-state index contributed by atoms with van der Waals surface area (Å²) >= 11 is 5.02. The highest BCUT2D eigenvalue weighted by Gasteiger charge is 2.22. The number of benzene rings is 1. The molecule has 1 aliphatic heterocycles. The van der Waals surface area contributed by atoms with E-state index < -0.39 is 0 Å². The number of hydrogen-bond acceptors (Lipinski definition) is 3. The topological polar surface area (TPSA) is 38.5 Å². The Morgan fingerprint density at radius 1 is 1.47 bits per heavy atom. The number of halogens is 1. The van der Waals surface area contributed by atoms with Gasteiger partial charge in [-0.2, -0.15) is 0 Å². The first kappa shape index (κ1) is 14.2. The van der Waals surface area contributed by atoms with E-state index in [9.17, 15) is 4.39 Å². The lowest BCUT2D eigenvalue weighted by Gasteiger charge is -2.31. The summed E-state index contributed by atoms with van der Waals surface area (Å²) in [4.78, 5) is 2.83. The second-order valence-electron chi connectivity index (χ2n) is 4.89. The summed E-state index contributed by atoms with van der Waals surface area (Å²) in [5, 5.41) is 0. The average molecular weight is 282 g/mol. The predicted molar refractivity (Wildman–Crippen MR) is 77.7 cm³/mol. The Labute approximate surface area is 118 Å². The van der Waals surface area contributed by atoms with E-state index in [2.05, 4.69) is 4.90 Å². The highest BCUT2D eigenvalue weighted by Crippen LogP contribution is 2.24. The van der Waals surface area contributed by atoms with Crippen LogP contribution in [0.5, 0.6) is 5.75 Å². The zero-order chi connectivity index (χ0) is 13.8. The fourth-order valence-electron chi connectivity index (χ4n) is 2.45. The van der Waals surface area contributed by atoms with Gasteiger partial charge >= 0.3 is 0 Å². The number of likely N-dealkylation sites (tertiary alicyclic amines) is 1. The monoisotopic (exact) mass is 282 g/mol. The number of thiocarbonyl (C=S) groups is 1. The van der Waals surface area contributed by atoms with Gasteiger partial charge in [0.1, 0.15) is 0 Å². The third kappa shape index (κ3) is 3.42. The van der Waals surface area contributed by atoms with E-state index in [-0.39, 0.29) is 5.82 Å². The molecule has 0 spiro atoms. The van der Waals surface area contributed by atoms with Gasteiger partial charge in [0.05, 0.1) is 12.1 Å². The lowest BCUT2D eigenvalue weighted by molar-refractivity contribution is 0.199. The summed E-state index contributed by atoms with van der Waals surface area (Å²) in [7, 11) is 1.48. The van der Waals surface area contributed by atoms with Crippen molar-refractivity contribution in [3.05, 3.63) is 29.6 Å². The molecule has 0 saturated carbocycles. The van der Waals surface area contributed by atoms with Crippen molar-refractivity contribution in [2.75, 3.05) is 20.2 Å². The Balaban J connectivity index is 1.98. The normalized spacial score (nSPS) is 17.4. The van der Waals surface area contributed by atoms with Crippen LogP contribution in [0.15, 0.2) is 18.2 Å². The van der Waals surface area contributed by atoms with Gasteiger partial charge in [0.25, 0.3) is 0 Å². The quantitative estimate of drug-likeness (QED) is 0.860. The molecule has 0 bridgehead atoms. The number of hydrogen-bond donors (Lipinski definition) is 1. The molecule has 3 nitrogen and oxygen atoms in total. The average Bonchev–Trinajstić information content (AvgIpc) is 2.42. The molecule has 0 atom stereocenters. The Kier molecular flexibility index (Phi) is 4.71. The van der Waals surface area contributed by atoms with Gasteiger partial charge in [-0.1, -0.05) is 24.4 Å². The van der Waals surface area contributed by atoms with Crippen molar-refractivity contribution in [3.8, 4) is 5.75 Å². The summed E-state index contributed by atoms with van der Waals surface area (Å²) in [6.07, 6.45) is 1.92. The van der Waals surface area contributed by atoms with Crippen LogP contribution in [-0.2, 0) is 6.54 Å². The van der Waals surface area contributed by atoms with Gasteiger partial charge in [0.2, 0.25) is 0 Å². The maximum Gasteiger partial charge on any atom is 0.169 e. The van der Waals surface area contributed by atoms with Crippen LogP contribution in [0.3, 0.4) is 0 Å². The van der Waals surface area contributed by atoms with Gasteiger partial charge in [0.15, 0.2) is 11.6 Å². The molecule has 104 valence electrons. The minimum Gasteiger partial charge on any atom is -0.494 e. The molecule has 2 rings (SSSR count). The van der Waals surface area contributed by atoms with Gasteiger partial charge < -0.3 is 10.5 Å². The Morgan fingerprint density at radius 2 is 2.16 bits per heavy atom. The minimum absolute atomic E-state index is 0.263. The SMILES string of the molecule is COc1cccc(CN2CCC(C(N)=S)CC2)c1F. The predicted octanol–water partition coefficient (Wildman–Crippen LogP) is 2.33. The van der Waals surface area contributed by atoms with Gasteiger partial charge in [-0.25, -0.2) is 4.39 Å². The molecule has 2 N–H and O–H groups in total. The maximum absolute atomic E-state index is 14.0. The molecule has 0 radical (unpaired) electrons. The fourth-order valence-corrected chi connectivity index (χ4v) is 2.69. The van der Waals surface area contributed by atoms with Crippen LogP contribution in [0.4, 0.5) is 4.39 Å². The van der Waals surface area contributed by atoms with Crippen LogP contribution < -0.4 is 10.5 Å². The summed E-state index contributed by atoms with van der Waals surface area (Å²) in [6, 6.07) is 5.26. The van der Waals surface area contributed by atoms with E-state index in [1.54, 1.807) is 12.1 Å². The van der Waals surface area contributed by atoms with Gasteiger partial charge in [-0.15, -0.1) is 0 Å². The number of piperidine rings is 1. The molecule has 5 heteroatoms. The number of nitrogens with two attached hydrogens (primary N) is 1. The Hall–Kier alpha value is -1.20. The highest BCUT2D eigenvalue weighted by molar-refractivity contribution is 7.80. The molecule has 1 aromatic rings. The van der Waals surface area contributed by atoms with Crippen LogP contribution in [0.1, 0.15) is 18.4 Å². The summed E-state index contributed by atoms with van der Waals surface area (Å²) in [6.45, 7) is 2.41. The molecule has 0 aromatic heterocycles. The summed E-state index contributed by atoms with van der Waals surface area (Å²) in [5.74, 6) is 0.374. The first-order chi connectivity index (χ1) is 9.11. The maximum atomic E-state index is 14.0. The lowest BCUT2D eigenvalue weighted by atomic mass is 9.96. The van der Waals surface area contributed by atoms with E-state index in [1.807, 2.05) is 6.07 Å². The lowest BCUT2D eigenvalue weighted by Crippen LogP contribution is -2.37. The van der Waals surface area contributed by atoms with Crippen molar-refractivity contribution in [1.29, 1.82) is 0 Å². The van der Waals surface area contributed by atoms with Gasteiger partial charge in [-0.3, -0.25) is 4.90 Å². The van der Waals surface area contributed by atoms with E-state index in [1.165, 1.54) is 7.11 Å². The molecule has 0 unspecified atom stereocenters. The molecule has 0 amide bonds. The Bertz CT molecular complexity index is 459. The standard InChI is InChI=1S/C14H19FN2OS/c1-18-12-4-2-3-11(13(12)15)9-17-7-5-10(6-8-17)14(16)19/h2-4,10H,5-9H2,1H3,(H2,16,19). The third-order valence-corrected chi connectivity index (χ3v) is 3.98. The van der Waals surface area contributed by atoms with Crippen LogP contribution in [0.2, 0.25) is 0 Å². The molecular formula is C14H19FN2OS. The van der Waals surface area contributed by atoms with E-state index in [4.69, 9.17) is 22.7 Å². The van der Waals surface area contributed by atoms with Crippen LogP contribution in [0.25, 0.3) is 0 Å². The molecule has 1 fully saturated rings. The van der Waals surface area contributed by atoms with Gasteiger partial charge in [-0.05, 0) is 32.0 Å². The molecule has 0 aliphatic carbocycles.